The second kappa shape index (κ2) is 11.0. The maximum absolute atomic E-state index is 14.1. The Balaban J connectivity index is 1.34. The molecule has 1 aliphatic carbocycles. The Labute approximate surface area is 218 Å². The second-order valence-electron chi connectivity index (χ2n) is 10.2. The summed E-state index contributed by atoms with van der Waals surface area (Å²) in [5.74, 6) is 1.09. The number of fused-ring (bicyclic) bond motifs is 1. The number of carbonyl (C=O) groups is 1. The maximum Gasteiger partial charge on any atom is 0.231 e. The number of ether oxygens (including phenoxy) is 1. The van der Waals surface area contributed by atoms with Crippen LogP contribution in [0.4, 0.5) is 5.82 Å². The molecule has 3 aliphatic rings. The Morgan fingerprint density at radius 3 is 2.64 bits per heavy atom. The van der Waals surface area contributed by atoms with Gasteiger partial charge in [0.2, 0.25) is 5.91 Å². The molecule has 1 N–H and O–H groups in total. The number of methoxy groups -OCH3 is 1. The number of hydrogen-bond acceptors (Lipinski definition) is 7. The highest BCUT2D eigenvalue weighted by Gasteiger charge is 2.40. The lowest BCUT2D eigenvalue weighted by atomic mass is 9.88. The van der Waals surface area contributed by atoms with Gasteiger partial charge in [-0.25, -0.2) is 9.97 Å². The zero-order valence-corrected chi connectivity index (χ0v) is 21.9. The van der Waals surface area contributed by atoms with Gasteiger partial charge in [-0.3, -0.25) is 9.69 Å². The molecule has 0 radical (unpaired) electrons. The van der Waals surface area contributed by atoms with Crippen molar-refractivity contribution in [2.75, 3.05) is 57.9 Å². The topological polar surface area (TPSA) is 82.0 Å². The summed E-state index contributed by atoms with van der Waals surface area (Å²) in [4.78, 5) is 29.7. The normalized spacial score (nSPS) is 25.3. The summed E-state index contributed by atoms with van der Waals surface area (Å²) in [6.07, 6.45) is 3.80. The highest BCUT2D eigenvalue weighted by Crippen LogP contribution is 2.43. The highest BCUT2D eigenvalue weighted by molar-refractivity contribution is 6.30. The van der Waals surface area contributed by atoms with E-state index in [1.54, 1.807) is 13.4 Å². The van der Waals surface area contributed by atoms with Crippen LogP contribution in [0.25, 0.3) is 0 Å². The molecule has 2 saturated heterocycles. The Bertz CT molecular complexity index is 1060. The summed E-state index contributed by atoms with van der Waals surface area (Å²) in [6, 6.07) is 7.93. The molecular formula is C27H36ClN5O3. The quantitative estimate of drug-likeness (QED) is 0.608. The van der Waals surface area contributed by atoms with Crippen molar-refractivity contribution >= 4 is 23.3 Å². The third-order valence-electron chi connectivity index (χ3n) is 8.05. The largest absolute Gasteiger partial charge is 0.387 e. The monoisotopic (exact) mass is 513 g/mol. The van der Waals surface area contributed by atoms with Gasteiger partial charge in [-0.1, -0.05) is 30.7 Å². The number of carbonyl (C=O) groups excluding carboxylic acids is 1. The van der Waals surface area contributed by atoms with E-state index in [9.17, 15) is 9.90 Å². The van der Waals surface area contributed by atoms with Crippen molar-refractivity contribution in [3.8, 4) is 0 Å². The molecule has 36 heavy (non-hydrogen) atoms. The van der Waals surface area contributed by atoms with Crippen molar-refractivity contribution in [2.45, 2.75) is 50.2 Å². The smallest absolute Gasteiger partial charge is 0.231 e. The van der Waals surface area contributed by atoms with E-state index < -0.39 is 6.10 Å². The number of aliphatic hydroxyl groups excluding tert-OH is 1. The minimum absolute atomic E-state index is 0.152. The number of piperazine rings is 1. The van der Waals surface area contributed by atoms with E-state index >= 15 is 0 Å². The minimum atomic E-state index is -0.521. The van der Waals surface area contributed by atoms with Crippen LogP contribution in [0.3, 0.4) is 0 Å². The van der Waals surface area contributed by atoms with Crippen molar-refractivity contribution in [3.05, 3.63) is 52.4 Å². The zero-order chi connectivity index (χ0) is 25.2. The van der Waals surface area contributed by atoms with Gasteiger partial charge < -0.3 is 19.6 Å². The molecule has 2 aromatic rings. The van der Waals surface area contributed by atoms with E-state index in [2.05, 4.69) is 26.7 Å². The lowest BCUT2D eigenvalue weighted by Crippen LogP contribution is -2.53. The van der Waals surface area contributed by atoms with E-state index in [0.29, 0.717) is 44.2 Å². The molecule has 2 aliphatic heterocycles. The third kappa shape index (κ3) is 4.96. The van der Waals surface area contributed by atoms with Crippen molar-refractivity contribution < 1.29 is 14.6 Å². The molecule has 5 rings (SSSR count). The Morgan fingerprint density at radius 1 is 1.17 bits per heavy atom. The lowest BCUT2D eigenvalue weighted by molar-refractivity contribution is -0.134. The molecule has 9 heteroatoms. The van der Waals surface area contributed by atoms with Crippen molar-refractivity contribution in [1.82, 2.24) is 19.8 Å². The highest BCUT2D eigenvalue weighted by atomic mass is 35.5. The number of amides is 1. The summed E-state index contributed by atoms with van der Waals surface area (Å²) in [5, 5.41) is 11.1. The number of halogens is 1. The minimum Gasteiger partial charge on any atom is -0.387 e. The number of benzene rings is 1. The fourth-order valence-electron chi connectivity index (χ4n) is 6.20. The van der Waals surface area contributed by atoms with Gasteiger partial charge in [0.05, 0.1) is 24.3 Å². The number of likely N-dealkylation sites (tertiary alicyclic amines) is 1. The zero-order valence-electron chi connectivity index (χ0n) is 21.1. The van der Waals surface area contributed by atoms with E-state index in [-0.39, 0.29) is 23.8 Å². The number of rotatable bonds is 7. The van der Waals surface area contributed by atoms with E-state index in [1.807, 2.05) is 29.2 Å². The number of aromatic nitrogens is 2. The van der Waals surface area contributed by atoms with Crippen LogP contribution < -0.4 is 4.90 Å². The molecule has 0 unspecified atom stereocenters. The van der Waals surface area contributed by atoms with E-state index in [4.69, 9.17) is 16.3 Å². The first kappa shape index (κ1) is 25.4. The molecule has 194 valence electrons. The fraction of sp³-hybridized carbons (Fsp3) is 0.593. The number of anilines is 1. The molecule has 1 amide bonds. The van der Waals surface area contributed by atoms with Gasteiger partial charge >= 0.3 is 0 Å². The number of hydrogen-bond donors (Lipinski definition) is 1. The summed E-state index contributed by atoms with van der Waals surface area (Å²) < 4.78 is 5.34. The van der Waals surface area contributed by atoms with Gasteiger partial charge in [-0.2, -0.15) is 0 Å². The second-order valence-corrected chi connectivity index (χ2v) is 10.7. The first-order valence-electron chi connectivity index (χ1n) is 13.0. The van der Waals surface area contributed by atoms with Gasteiger partial charge in [0, 0.05) is 56.5 Å². The van der Waals surface area contributed by atoms with Crippen LogP contribution in [-0.4, -0.2) is 89.8 Å². The van der Waals surface area contributed by atoms with E-state index in [1.165, 1.54) is 0 Å². The van der Waals surface area contributed by atoms with E-state index in [0.717, 1.165) is 48.6 Å². The fourth-order valence-corrected chi connectivity index (χ4v) is 6.33. The summed E-state index contributed by atoms with van der Waals surface area (Å²) in [7, 11) is 1.72. The van der Waals surface area contributed by atoms with Crippen LogP contribution in [-0.2, 0) is 9.53 Å². The summed E-state index contributed by atoms with van der Waals surface area (Å²) >= 11 is 6.18. The Kier molecular flexibility index (Phi) is 7.76. The first-order chi connectivity index (χ1) is 17.5. The number of aliphatic hydroxyl groups is 1. The molecule has 0 spiro atoms. The lowest BCUT2D eigenvalue weighted by Gasteiger charge is -2.40. The van der Waals surface area contributed by atoms with Crippen LogP contribution >= 0.6 is 11.6 Å². The van der Waals surface area contributed by atoms with Gasteiger partial charge in [-0.05, 0) is 49.4 Å². The number of nitrogens with zero attached hydrogens (tertiary/aromatic N) is 5. The molecule has 1 aromatic carbocycles. The predicted octanol–water partition coefficient (Wildman–Crippen LogP) is 3.21. The SMILES string of the molecule is COCCN1CCC[C@H]1[C@@H](C(=O)N1CCN(c2ncnc3c2[C@H](C)C[C@H]3O)CC1)c1ccc(Cl)cc1. The van der Waals surface area contributed by atoms with Crippen LogP contribution in [0.15, 0.2) is 30.6 Å². The van der Waals surface area contributed by atoms with Crippen LogP contribution in [0.1, 0.15) is 60.9 Å². The molecule has 0 saturated carbocycles. The molecule has 4 atom stereocenters. The van der Waals surface area contributed by atoms with Gasteiger partial charge in [-0.15, -0.1) is 0 Å². The average molecular weight is 514 g/mol. The first-order valence-corrected chi connectivity index (χ1v) is 13.4. The van der Waals surface area contributed by atoms with Crippen molar-refractivity contribution in [3.63, 3.8) is 0 Å². The molecule has 3 heterocycles. The summed E-state index contributed by atoms with van der Waals surface area (Å²) in [6.45, 7) is 7.30. The Morgan fingerprint density at radius 2 is 1.92 bits per heavy atom. The predicted molar refractivity (Wildman–Crippen MR) is 139 cm³/mol. The van der Waals surface area contributed by atoms with Crippen LogP contribution in [0.5, 0.6) is 0 Å². The van der Waals surface area contributed by atoms with Gasteiger partial charge in [0.1, 0.15) is 12.1 Å². The standard InChI is InChI=1S/C27H36ClN5O3/c1-18-16-22(34)25-23(18)26(30-17-29-25)32-10-12-33(13-11-32)27(35)24(19-5-7-20(28)8-6-19)21-4-3-9-31(21)14-15-36-2/h5-8,17-18,21-22,24,34H,3-4,9-16H2,1-2H3/t18-,21+,22-,24+/m1/s1. The van der Waals surface area contributed by atoms with Crippen LogP contribution in [0.2, 0.25) is 5.02 Å². The summed E-state index contributed by atoms with van der Waals surface area (Å²) in [5.41, 5.74) is 2.84. The van der Waals surface area contributed by atoms with Gasteiger partial charge in [0.25, 0.3) is 0 Å². The van der Waals surface area contributed by atoms with Crippen LogP contribution in [0, 0.1) is 0 Å². The maximum atomic E-state index is 14.1. The van der Waals surface area contributed by atoms with Crippen molar-refractivity contribution in [1.29, 1.82) is 0 Å². The Hall–Kier alpha value is -2.26. The molecule has 2 fully saturated rings. The molecule has 0 bridgehead atoms. The average Bonchev–Trinajstić information content (AvgIpc) is 3.47. The molecule has 1 aromatic heterocycles. The third-order valence-corrected chi connectivity index (χ3v) is 8.30. The van der Waals surface area contributed by atoms with Gasteiger partial charge in [0.15, 0.2) is 0 Å². The molecular weight excluding hydrogens is 478 g/mol. The van der Waals surface area contributed by atoms with Crippen molar-refractivity contribution in [2.24, 2.45) is 0 Å². The molecule has 8 nitrogen and oxygen atoms in total.